The topological polar surface area (TPSA) is 81.3 Å². The summed E-state index contributed by atoms with van der Waals surface area (Å²) in [7, 11) is 0. The molecule has 4 rings (SSSR count). The van der Waals surface area contributed by atoms with Crippen LogP contribution in [0.5, 0.6) is 5.75 Å². The molecule has 4 aromatic rings. The summed E-state index contributed by atoms with van der Waals surface area (Å²) < 4.78 is 11.4. The van der Waals surface area contributed by atoms with Crippen molar-refractivity contribution in [3.05, 3.63) is 106 Å². The molecule has 0 amide bonds. The third-order valence-electron chi connectivity index (χ3n) is 4.67. The molecule has 0 radical (unpaired) electrons. The fraction of sp³-hybridized carbons (Fsp3) is 0.125. The minimum atomic E-state index is -0.724. The number of nitrogens with one attached hydrogen (secondary N) is 1. The molecule has 0 spiro atoms. The lowest BCUT2D eigenvalue weighted by Crippen LogP contribution is -2.18. The Balaban J connectivity index is 1.52. The molecule has 1 heterocycles. The number of H-pyrrole nitrogens is 1. The first-order chi connectivity index (χ1) is 14.6. The summed E-state index contributed by atoms with van der Waals surface area (Å²) in [6.07, 6.45) is -0.724. The quantitative estimate of drug-likeness (QED) is 0.485. The van der Waals surface area contributed by atoms with Crippen LogP contribution in [-0.2, 0) is 11.3 Å². The molecule has 0 aliphatic rings. The van der Waals surface area contributed by atoms with Gasteiger partial charge in [0.2, 0.25) is 0 Å². The van der Waals surface area contributed by atoms with E-state index in [1.165, 1.54) is 0 Å². The van der Waals surface area contributed by atoms with E-state index >= 15 is 0 Å². The minimum Gasteiger partial charge on any atom is -0.489 e. The van der Waals surface area contributed by atoms with Crippen molar-refractivity contribution in [1.82, 2.24) is 9.97 Å². The van der Waals surface area contributed by atoms with Gasteiger partial charge in [0.25, 0.3) is 5.56 Å². The number of para-hydroxylation sites is 2. The average molecular weight is 400 g/mol. The molecule has 3 aromatic carbocycles. The van der Waals surface area contributed by atoms with Crippen LogP contribution in [0.4, 0.5) is 0 Å². The smallest absolute Gasteiger partial charge is 0.339 e. The maximum atomic E-state index is 12.8. The van der Waals surface area contributed by atoms with Crippen molar-refractivity contribution in [2.45, 2.75) is 19.6 Å². The van der Waals surface area contributed by atoms with Gasteiger partial charge in [-0.15, -0.1) is 0 Å². The zero-order valence-corrected chi connectivity index (χ0v) is 16.4. The lowest BCUT2D eigenvalue weighted by Gasteiger charge is -2.15. The van der Waals surface area contributed by atoms with Crippen LogP contribution >= 0.6 is 0 Å². The monoisotopic (exact) mass is 400 g/mol. The van der Waals surface area contributed by atoms with Gasteiger partial charge in [-0.05, 0) is 37.3 Å². The van der Waals surface area contributed by atoms with Crippen LogP contribution < -0.4 is 10.3 Å². The van der Waals surface area contributed by atoms with Crippen LogP contribution in [0.3, 0.4) is 0 Å². The summed E-state index contributed by atoms with van der Waals surface area (Å²) in [5, 5.41) is 0.489. The molecule has 1 atom stereocenters. The number of aromatic nitrogens is 2. The van der Waals surface area contributed by atoms with Crippen LogP contribution in [0, 0.1) is 0 Å². The Labute approximate surface area is 173 Å². The van der Waals surface area contributed by atoms with E-state index in [2.05, 4.69) is 9.97 Å². The highest BCUT2D eigenvalue weighted by Crippen LogP contribution is 2.20. The zero-order valence-electron chi connectivity index (χ0n) is 16.4. The van der Waals surface area contributed by atoms with E-state index in [9.17, 15) is 9.59 Å². The van der Waals surface area contributed by atoms with E-state index in [-0.39, 0.29) is 12.2 Å². The van der Waals surface area contributed by atoms with Crippen molar-refractivity contribution in [3.8, 4) is 5.75 Å². The Morgan fingerprint density at radius 2 is 1.67 bits per heavy atom. The van der Waals surface area contributed by atoms with Gasteiger partial charge in [-0.2, -0.15) is 0 Å². The third kappa shape index (κ3) is 4.22. The summed E-state index contributed by atoms with van der Waals surface area (Å²) in [4.78, 5) is 32.2. The second-order valence-corrected chi connectivity index (χ2v) is 6.77. The molecule has 1 unspecified atom stereocenters. The van der Waals surface area contributed by atoms with Crippen molar-refractivity contribution < 1.29 is 14.3 Å². The van der Waals surface area contributed by atoms with E-state index < -0.39 is 12.1 Å². The number of ether oxygens (including phenoxy) is 2. The fourth-order valence-electron chi connectivity index (χ4n) is 3.10. The number of hydrogen-bond acceptors (Lipinski definition) is 5. The van der Waals surface area contributed by atoms with Crippen LogP contribution in [0.2, 0.25) is 0 Å². The number of rotatable bonds is 6. The molecular formula is C24H20N2O4. The molecule has 150 valence electrons. The Morgan fingerprint density at radius 3 is 2.50 bits per heavy atom. The van der Waals surface area contributed by atoms with Gasteiger partial charge in [0.05, 0.1) is 16.5 Å². The molecule has 6 nitrogen and oxygen atoms in total. The zero-order chi connectivity index (χ0) is 20.9. The molecule has 1 aromatic heterocycles. The number of hydrogen-bond donors (Lipinski definition) is 1. The molecule has 1 N–H and O–H groups in total. The van der Waals surface area contributed by atoms with Crippen molar-refractivity contribution >= 4 is 16.9 Å². The summed E-state index contributed by atoms with van der Waals surface area (Å²) in [6, 6.07) is 23.5. The SMILES string of the molecule is CC(OC(=O)c1ccccc1COc1ccccc1)c1nc2ccccc2c(=O)[nH]1. The van der Waals surface area contributed by atoms with Crippen molar-refractivity contribution in [2.75, 3.05) is 0 Å². The number of aromatic amines is 1. The second-order valence-electron chi connectivity index (χ2n) is 6.77. The molecule has 0 fully saturated rings. The number of fused-ring (bicyclic) bond motifs is 1. The van der Waals surface area contributed by atoms with Gasteiger partial charge in [-0.25, -0.2) is 9.78 Å². The number of carbonyl (C=O) groups is 1. The lowest BCUT2D eigenvalue weighted by molar-refractivity contribution is 0.0317. The van der Waals surface area contributed by atoms with Crippen LogP contribution in [0.1, 0.15) is 34.8 Å². The molecule has 0 saturated carbocycles. The normalized spacial score (nSPS) is 11.8. The first kappa shape index (κ1) is 19.4. The van der Waals surface area contributed by atoms with Gasteiger partial charge in [0.1, 0.15) is 12.4 Å². The van der Waals surface area contributed by atoms with E-state index in [0.29, 0.717) is 33.6 Å². The Bertz CT molecular complexity index is 1230. The summed E-state index contributed by atoms with van der Waals surface area (Å²) >= 11 is 0. The van der Waals surface area contributed by atoms with Gasteiger partial charge in [-0.1, -0.05) is 48.5 Å². The summed E-state index contributed by atoms with van der Waals surface area (Å²) in [5.74, 6) is 0.502. The predicted molar refractivity (Wildman–Crippen MR) is 113 cm³/mol. The molecule has 30 heavy (non-hydrogen) atoms. The Morgan fingerprint density at radius 1 is 0.967 bits per heavy atom. The van der Waals surface area contributed by atoms with Crippen LogP contribution in [0.15, 0.2) is 83.7 Å². The molecule has 6 heteroatoms. The highest BCUT2D eigenvalue weighted by atomic mass is 16.5. The van der Waals surface area contributed by atoms with Crippen molar-refractivity contribution in [3.63, 3.8) is 0 Å². The first-order valence-corrected chi connectivity index (χ1v) is 9.57. The Kier molecular flexibility index (Phi) is 5.57. The number of carbonyl (C=O) groups excluding carboxylic acids is 1. The van der Waals surface area contributed by atoms with E-state index in [1.54, 1.807) is 43.3 Å². The van der Waals surface area contributed by atoms with Gasteiger partial charge in [0.15, 0.2) is 11.9 Å². The van der Waals surface area contributed by atoms with Crippen LogP contribution in [0.25, 0.3) is 10.9 Å². The fourth-order valence-corrected chi connectivity index (χ4v) is 3.10. The number of esters is 1. The number of nitrogens with zero attached hydrogens (tertiary/aromatic N) is 1. The Hall–Kier alpha value is -3.93. The lowest BCUT2D eigenvalue weighted by atomic mass is 10.1. The second kappa shape index (κ2) is 8.61. The molecule has 0 saturated heterocycles. The van der Waals surface area contributed by atoms with E-state index in [4.69, 9.17) is 9.47 Å². The molecule has 0 aliphatic carbocycles. The third-order valence-corrected chi connectivity index (χ3v) is 4.67. The van der Waals surface area contributed by atoms with Gasteiger partial charge < -0.3 is 14.5 Å². The molecule has 0 bridgehead atoms. The van der Waals surface area contributed by atoms with Gasteiger partial charge in [0, 0.05) is 5.56 Å². The standard InChI is InChI=1S/C24H20N2O4/c1-16(22-25-21-14-8-7-13-20(21)23(27)26-22)30-24(28)19-12-6-5-9-17(19)15-29-18-10-3-2-4-11-18/h2-14,16H,15H2,1H3,(H,25,26,27). The van der Waals surface area contributed by atoms with Crippen LogP contribution in [-0.4, -0.2) is 15.9 Å². The average Bonchev–Trinajstić information content (AvgIpc) is 2.78. The highest BCUT2D eigenvalue weighted by Gasteiger charge is 2.19. The van der Waals surface area contributed by atoms with Gasteiger partial charge >= 0.3 is 5.97 Å². The van der Waals surface area contributed by atoms with Crippen molar-refractivity contribution in [2.24, 2.45) is 0 Å². The summed E-state index contributed by atoms with van der Waals surface area (Å²) in [6.45, 7) is 1.91. The molecular weight excluding hydrogens is 380 g/mol. The number of benzene rings is 3. The van der Waals surface area contributed by atoms with Crippen molar-refractivity contribution in [1.29, 1.82) is 0 Å². The first-order valence-electron chi connectivity index (χ1n) is 9.57. The predicted octanol–water partition coefficient (Wildman–Crippen LogP) is 4.42. The maximum Gasteiger partial charge on any atom is 0.339 e. The van der Waals surface area contributed by atoms with E-state index in [0.717, 1.165) is 0 Å². The minimum absolute atomic E-state index is 0.231. The highest BCUT2D eigenvalue weighted by molar-refractivity contribution is 5.91. The largest absolute Gasteiger partial charge is 0.489 e. The summed E-state index contributed by atoms with van der Waals surface area (Å²) in [5.41, 5.74) is 1.40. The maximum absolute atomic E-state index is 12.8. The van der Waals surface area contributed by atoms with Gasteiger partial charge in [-0.3, -0.25) is 4.79 Å². The molecule has 0 aliphatic heterocycles. The van der Waals surface area contributed by atoms with E-state index in [1.807, 2.05) is 42.5 Å².